The van der Waals surface area contributed by atoms with E-state index in [2.05, 4.69) is 27.2 Å². The van der Waals surface area contributed by atoms with Crippen LogP contribution in [0.1, 0.15) is 24.8 Å². The Balaban J connectivity index is 1.44. The van der Waals surface area contributed by atoms with Gasteiger partial charge in [0.2, 0.25) is 5.91 Å². The molecule has 3 saturated heterocycles. The Morgan fingerprint density at radius 2 is 1.95 bits per heavy atom. The minimum atomic E-state index is -0.0390. The van der Waals surface area contributed by atoms with E-state index < -0.39 is 0 Å². The van der Waals surface area contributed by atoms with E-state index in [4.69, 9.17) is 0 Å². The van der Waals surface area contributed by atoms with Gasteiger partial charge in [0.1, 0.15) is 0 Å². The molecule has 1 N–H and O–H groups in total. The third-order valence-corrected chi connectivity index (χ3v) is 5.34. The van der Waals surface area contributed by atoms with Gasteiger partial charge in [0.15, 0.2) is 0 Å². The molecule has 0 aromatic heterocycles. The number of nitrogens with zero attached hydrogens (tertiary/aromatic N) is 2. The Bertz CT molecular complexity index is 518. The monoisotopic (exact) mass is 285 g/mol. The van der Waals surface area contributed by atoms with Crippen molar-refractivity contribution >= 4 is 5.91 Å². The Morgan fingerprint density at radius 3 is 2.81 bits per heavy atom. The van der Waals surface area contributed by atoms with E-state index in [0.29, 0.717) is 18.0 Å². The van der Waals surface area contributed by atoms with Crippen LogP contribution in [0.2, 0.25) is 0 Å². The molecule has 4 rings (SSSR count). The number of hydrogen-bond acceptors (Lipinski definition) is 3. The second kappa shape index (κ2) is 5.43. The minimum absolute atomic E-state index is 0.0390. The second-order valence-corrected chi connectivity index (χ2v) is 6.51. The number of fused-ring (bicyclic) bond motifs is 1. The van der Waals surface area contributed by atoms with E-state index in [1.807, 2.05) is 18.2 Å². The summed E-state index contributed by atoms with van der Waals surface area (Å²) in [6, 6.07) is 11.3. The van der Waals surface area contributed by atoms with Crippen LogP contribution in [-0.4, -0.2) is 53.6 Å². The maximum absolute atomic E-state index is 12.7. The molecule has 3 fully saturated rings. The maximum atomic E-state index is 12.7. The van der Waals surface area contributed by atoms with Gasteiger partial charge in [0.05, 0.1) is 12.7 Å². The van der Waals surface area contributed by atoms with Gasteiger partial charge in [-0.05, 0) is 37.8 Å². The number of benzene rings is 1. The lowest BCUT2D eigenvalue weighted by Gasteiger charge is -2.28. The highest BCUT2D eigenvalue weighted by Gasteiger charge is 2.45. The van der Waals surface area contributed by atoms with E-state index >= 15 is 0 Å². The van der Waals surface area contributed by atoms with Crippen molar-refractivity contribution in [3.8, 4) is 0 Å². The fraction of sp³-hybridized carbons (Fsp3) is 0.588. The third-order valence-electron chi connectivity index (χ3n) is 5.34. The summed E-state index contributed by atoms with van der Waals surface area (Å²) in [5.74, 6) is 0.303. The molecule has 3 aliphatic rings. The normalized spacial score (nSPS) is 32.9. The zero-order valence-electron chi connectivity index (χ0n) is 12.4. The molecule has 0 spiro atoms. The van der Waals surface area contributed by atoms with Gasteiger partial charge in [-0.15, -0.1) is 0 Å². The molecular weight excluding hydrogens is 262 g/mol. The van der Waals surface area contributed by atoms with Crippen molar-refractivity contribution in [2.45, 2.75) is 43.8 Å². The summed E-state index contributed by atoms with van der Waals surface area (Å²) in [5, 5.41) is 3.42. The molecule has 4 nitrogen and oxygen atoms in total. The van der Waals surface area contributed by atoms with Crippen LogP contribution in [-0.2, 0) is 11.2 Å². The van der Waals surface area contributed by atoms with Gasteiger partial charge >= 0.3 is 0 Å². The van der Waals surface area contributed by atoms with Gasteiger partial charge in [0, 0.05) is 18.6 Å². The van der Waals surface area contributed by atoms with Crippen LogP contribution < -0.4 is 5.32 Å². The third kappa shape index (κ3) is 2.36. The van der Waals surface area contributed by atoms with Gasteiger partial charge in [-0.3, -0.25) is 15.0 Å². The van der Waals surface area contributed by atoms with E-state index in [9.17, 15) is 4.79 Å². The van der Waals surface area contributed by atoms with Crippen molar-refractivity contribution in [3.05, 3.63) is 35.9 Å². The molecule has 1 amide bonds. The Labute approximate surface area is 126 Å². The summed E-state index contributed by atoms with van der Waals surface area (Å²) < 4.78 is 0. The van der Waals surface area contributed by atoms with Gasteiger partial charge in [0.25, 0.3) is 0 Å². The van der Waals surface area contributed by atoms with E-state index in [1.165, 1.54) is 31.5 Å². The van der Waals surface area contributed by atoms with Crippen LogP contribution in [0.25, 0.3) is 0 Å². The quantitative estimate of drug-likeness (QED) is 0.907. The fourth-order valence-corrected chi connectivity index (χ4v) is 4.28. The van der Waals surface area contributed by atoms with Crippen LogP contribution >= 0.6 is 0 Å². The summed E-state index contributed by atoms with van der Waals surface area (Å²) in [7, 11) is 0. The molecule has 112 valence electrons. The fourth-order valence-electron chi connectivity index (χ4n) is 4.28. The van der Waals surface area contributed by atoms with E-state index in [0.717, 1.165) is 19.5 Å². The molecule has 1 aromatic carbocycles. The van der Waals surface area contributed by atoms with Gasteiger partial charge in [-0.25, -0.2) is 0 Å². The largest absolute Gasteiger partial charge is 0.324 e. The molecule has 3 unspecified atom stereocenters. The highest BCUT2D eigenvalue weighted by molar-refractivity contribution is 5.84. The molecule has 3 atom stereocenters. The lowest BCUT2D eigenvalue weighted by atomic mass is 10.0. The molecule has 1 aromatic rings. The topological polar surface area (TPSA) is 35.6 Å². The Kier molecular flexibility index (Phi) is 3.43. The number of amides is 1. The highest BCUT2D eigenvalue weighted by atomic mass is 16.2. The SMILES string of the molecule is O=C1C(Cc2ccccc2)NCN1C1CCN2CCCC12. The predicted molar refractivity (Wildman–Crippen MR) is 81.8 cm³/mol. The van der Waals surface area contributed by atoms with Crippen LogP contribution in [0, 0.1) is 0 Å². The molecule has 0 aliphatic carbocycles. The molecule has 0 saturated carbocycles. The first kappa shape index (κ1) is 13.3. The molecular formula is C17H23N3O. The molecule has 0 radical (unpaired) electrons. The first-order valence-corrected chi connectivity index (χ1v) is 8.15. The summed E-state index contributed by atoms with van der Waals surface area (Å²) in [4.78, 5) is 17.4. The summed E-state index contributed by atoms with van der Waals surface area (Å²) >= 11 is 0. The first-order chi connectivity index (χ1) is 10.3. The Hall–Kier alpha value is -1.39. The van der Waals surface area contributed by atoms with Crippen LogP contribution in [0.3, 0.4) is 0 Å². The second-order valence-electron chi connectivity index (χ2n) is 6.51. The minimum Gasteiger partial charge on any atom is -0.324 e. The van der Waals surface area contributed by atoms with Crippen molar-refractivity contribution in [1.82, 2.24) is 15.1 Å². The van der Waals surface area contributed by atoms with Gasteiger partial charge in [-0.2, -0.15) is 0 Å². The first-order valence-electron chi connectivity index (χ1n) is 8.15. The van der Waals surface area contributed by atoms with Crippen molar-refractivity contribution in [3.63, 3.8) is 0 Å². The smallest absolute Gasteiger partial charge is 0.241 e. The number of nitrogens with one attached hydrogen (secondary N) is 1. The van der Waals surface area contributed by atoms with Crippen molar-refractivity contribution in [2.75, 3.05) is 19.8 Å². The summed E-state index contributed by atoms with van der Waals surface area (Å²) in [6.45, 7) is 3.12. The summed E-state index contributed by atoms with van der Waals surface area (Å²) in [6.07, 6.45) is 4.51. The molecule has 4 heteroatoms. The maximum Gasteiger partial charge on any atom is 0.241 e. The molecule has 0 bridgehead atoms. The number of hydrogen-bond donors (Lipinski definition) is 1. The number of carbonyl (C=O) groups is 1. The molecule has 3 aliphatic heterocycles. The van der Waals surface area contributed by atoms with Crippen molar-refractivity contribution < 1.29 is 4.79 Å². The molecule has 3 heterocycles. The lowest BCUT2D eigenvalue weighted by molar-refractivity contribution is -0.131. The van der Waals surface area contributed by atoms with Crippen molar-refractivity contribution in [2.24, 2.45) is 0 Å². The highest BCUT2D eigenvalue weighted by Crippen LogP contribution is 2.32. The predicted octanol–water partition coefficient (Wildman–Crippen LogP) is 1.22. The van der Waals surface area contributed by atoms with Crippen molar-refractivity contribution in [1.29, 1.82) is 0 Å². The average molecular weight is 285 g/mol. The average Bonchev–Trinajstić information content (AvgIpc) is 3.18. The number of carbonyl (C=O) groups excluding carboxylic acids is 1. The zero-order valence-corrected chi connectivity index (χ0v) is 12.4. The van der Waals surface area contributed by atoms with Crippen LogP contribution in [0.4, 0.5) is 0 Å². The van der Waals surface area contributed by atoms with Crippen LogP contribution in [0.15, 0.2) is 30.3 Å². The summed E-state index contributed by atoms with van der Waals surface area (Å²) in [5.41, 5.74) is 1.24. The Morgan fingerprint density at radius 1 is 1.10 bits per heavy atom. The zero-order chi connectivity index (χ0) is 14.2. The van der Waals surface area contributed by atoms with E-state index in [-0.39, 0.29) is 6.04 Å². The van der Waals surface area contributed by atoms with Gasteiger partial charge in [-0.1, -0.05) is 30.3 Å². The number of rotatable bonds is 3. The molecule has 21 heavy (non-hydrogen) atoms. The standard InChI is InChI=1S/C17H23N3O/c21-17-14(11-13-5-2-1-3-6-13)18-12-20(17)16-8-10-19-9-4-7-15(16)19/h1-3,5-6,14-16,18H,4,7-12H2. The van der Waals surface area contributed by atoms with Crippen LogP contribution in [0.5, 0.6) is 0 Å². The van der Waals surface area contributed by atoms with E-state index in [1.54, 1.807) is 0 Å². The van der Waals surface area contributed by atoms with Gasteiger partial charge < -0.3 is 4.90 Å². The lowest BCUT2D eigenvalue weighted by Crippen LogP contribution is -2.45.